The van der Waals surface area contributed by atoms with Crippen LogP contribution in [0, 0.1) is 0 Å². The van der Waals surface area contributed by atoms with Crippen molar-refractivity contribution >= 4 is 11.7 Å². The second-order valence-corrected chi connectivity index (χ2v) is 5.06. The zero-order chi connectivity index (χ0) is 15.2. The molecule has 0 fully saturated rings. The summed E-state index contributed by atoms with van der Waals surface area (Å²) in [6, 6.07) is 16.0. The number of carbonyl (C=O) groups is 2. The summed E-state index contributed by atoms with van der Waals surface area (Å²) in [5.74, 6) is -0.146. The van der Waals surface area contributed by atoms with E-state index in [-0.39, 0.29) is 17.7 Å². The zero-order valence-corrected chi connectivity index (χ0v) is 12.3. The van der Waals surface area contributed by atoms with Crippen LogP contribution in [0.2, 0.25) is 0 Å². The molecule has 0 saturated carbocycles. The van der Waals surface area contributed by atoms with Gasteiger partial charge in [-0.15, -0.1) is 0 Å². The van der Waals surface area contributed by atoms with Gasteiger partial charge in [0.25, 0.3) is 5.91 Å². The Kier molecular flexibility index (Phi) is 4.88. The number of nitrogens with one attached hydrogen (secondary N) is 1. The molecule has 0 radical (unpaired) electrons. The first-order valence-corrected chi connectivity index (χ1v) is 7.12. The van der Waals surface area contributed by atoms with Crippen molar-refractivity contribution in [3.63, 3.8) is 0 Å². The van der Waals surface area contributed by atoms with Crippen molar-refractivity contribution in [2.24, 2.45) is 0 Å². The highest BCUT2D eigenvalue weighted by Crippen LogP contribution is 2.11. The Hall–Kier alpha value is -2.42. The minimum absolute atomic E-state index is 0.0375. The van der Waals surface area contributed by atoms with Gasteiger partial charge in [-0.2, -0.15) is 0 Å². The minimum Gasteiger partial charge on any atom is -0.350 e. The lowest BCUT2D eigenvalue weighted by atomic mass is 10.0. The molecule has 3 heteroatoms. The molecule has 0 bridgehead atoms. The lowest BCUT2D eigenvalue weighted by molar-refractivity contribution is 0.0938. The topological polar surface area (TPSA) is 46.2 Å². The molecule has 0 aliphatic rings. The van der Waals surface area contributed by atoms with Crippen LogP contribution in [-0.4, -0.2) is 17.7 Å². The number of ketones is 1. The first kappa shape index (κ1) is 15.0. The normalized spacial score (nSPS) is 11.7. The molecule has 3 nitrogen and oxygen atoms in total. The SMILES string of the molecule is CC[C@H](C)NC(=O)c1ccc(C(=O)c2ccccc2)cc1. The van der Waals surface area contributed by atoms with Crippen LogP contribution in [0.15, 0.2) is 54.6 Å². The minimum atomic E-state index is -0.108. The van der Waals surface area contributed by atoms with Gasteiger partial charge in [-0.25, -0.2) is 0 Å². The molecule has 2 aromatic rings. The third-order valence-corrected chi connectivity index (χ3v) is 3.44. The molecule has 0 spiro atoms. The van der Waals surface area contributed by atoms with Gasteiger partial charge >= 0.3 is 0 Å². The molecule has 2 rings (SSSR count). The van der Waals surface area contributed by atoms with Crippen LogP contribution in [0.25, 0.3) is 0 Å². The number of hydrogen-bond acceptors (Lipinski definition) is 2. The first-order valence-electron chi connectivity index (χ1n) is 7.12. The number of rotatable bonds is 5. The Morgan fingerprint density at radius 3 is 2.00 bits per heavy atom. The summed E-state index contributed by atoms with van der Waals surface area (Å²) >= 11 is 0. The molecule has 2 aromatic carbocycles. The molecule has 0 aliphatic heterocycles. The smallest absolute Gasteiger partial charge is 0.251 e. The fraction of sp³-hybridized carbons (Fsp3) is 0.222. The molecule has 0 heterocycles. The Morgan fingerprint density at radius 1 is 0.905 bits per heavy atom. The highest BCUT2D eigenvalue weighted by Gasteiger charge is 2.11. The molecule has 108 valence electrons. The van der Waals surface area contributed by atoms with Crippen LogP contribution in [-0.2, 0) is 0 Å². The standard InChI is InChI=1S/C18H19NO2/c1-3-13(2)19-18(21)16-11-9-15(10-12-16)17(20)14-7-5-4-6-8-14/h4-13H,3H2,1-2H3,(H,19,21)/t13-/m0/s1. The fourth-order valence-electron chi connectivity index (χ4n) is 1.94. The van der Waals surface area contributed by atoms with Gasteiger partial charge in [0.1, 0.15) is 0 Å². The monoisotopic (exact) mass is 281 g/mol. The van der Waals surface area contributed by atoms with E-state index in [1.165, 1.54) is 0 Å². The van der Waals surface area contributed by atoms with Crippen molar-refractivity contribution in [1.82, 2.24) is 5.32 Å². The van der Waals surface area contributed by atoms with Gasteiger partial charge in [0.2, 0.25) is 0 Å². The first-order chi connectivity index (χ1) is 10.1. The summed E-state index contributed by atoms with van der Waals surface area (Å²) in [5.41, 5.74) is 1.80. The van der Waals surface area contributed by atoms with E-state index in [0.717, 1.165) is 6.42 Å². The lowest BCUT2D eigenvalue weighted by Gasteiger charge is -2.11. The Bertz CT molecular complexity index is 617. The van der Waals surface area contributed by atoms with E-state index >= 15 is 0 Å². The van der Waals surface area contributed by atoms with Crippen LogP contribution in [0.4, 0.5) is 0 Å². The quantitative estimate of drug-likeness (QED) is 0.853. The molecule has 21 heavy (non-hydrogen) atoms. The third-order valence-electron chi connectivity index (χ3n) is 3.44. The summed E-state index contributed by atoms with van der Waals surface area (Å²) < 4.78 is 0. The summed E-state index contributed by atoms with van der Waals surface area (Å²) in [5, 5.41) is 2.90. The predicted octanol–water partition coefficient (Wildman–Crippen LogP) is 3.45. The number of amides is 1. The van der Waals surface area contributed by atoms with Gasteiger partial charge in [0.05, 0.1) is 0 Å². The van der Waals surface area contributed by atoms with Gasteiger partial charge in [-0.3, -0.25) is 9.59 Å². The van der Waals surface area contributed by atoms with E-state index in [0.29, 0.717) is 16.7 Å². The van der Waals surface area contributed by atoms with Crippen molar-refractivity contribution in [3.8, 4) is 0 Å². The molecular weight excluding hydrogens is 262 g/mol. The molecule has 0 aliphatic carbocycles. The average molecular weight is 281 g/mol. The maximum atomic E-state index is 12.3. The van der Waals surface area contributed by atoms with E-state index in [2.05, 4.69) is 5.32 Å². The second-order valence-electron chi connectivity index (χ2n) is 5.06. The van der Waals surface area contributed by atoms with Crippen LogP contribution >= 0.6 is 0 Å². The van der Waals surface area contributed by atoms with Gasteiger partial charge in [-0.1, -0.05) is 49.4 Å². The van der Waals surface area contributed by atoms with E-state index < -0.39 is 0 Å². The highest BCUT2D eigenvalue weighted by atomic mass is 16.1. The highest BCUT2D eigenvalue weighted by molar-refractivity contribution is 6.09. The largest absolute Gasteiger partial charge is 0.350 e. The third kappa shape index (κ3) is 3.78. The maximum absolute atomic E-state index is 12.3. The van der Waals surface area contributed by atoms with Crippen molar-refractivity contribution in [2.45, 2.75) is 26.3 Å². The maximum Gasteiger partial charge on any atom is 0.251 e. The zero-order valence-electron chi connectivity index (χ0n) is 12.3. The van der Waals surface area contributed by atoms with Crippen molar-refractivity contribution < 1.29 is 9.59 Å². The van der Waals surface area contributed by atoms with E-state index in [9.17, 15) is 9.59 Å². The molecule has 1 N–H and O–H groups in total. The van der Waals surface area contributed by atoms with Crippen molar-refractivity contribution in [3.05, 3.63) is 71.3 Å². The van der Waals surface area contributed by atoms with Gasteiger partial charge in [0, 0.05) is 22.7 Å². The summed E-state index contributed by atoms with van der Waals surface area (Å²) in [7, 11) is 0. The van der Waals surface area contributed by atoms with Crippen molar-refractivity contribution in [1.29, 1.82) is 0 Å². The second kappa shape index (κ2) is 6.84. The molecule has 0 saturated heterocycles. The Balaban J connectivity index is 2.12. The van der Waals surface area contributed by atoms with E-state index in [1.54, 1.807) is 36.4 Å². The summed E-state index contributed by atoms with van der Waals surface area (Å²) in [4.78, 5) is 24.2. The van der Waals surface area contributed by atoms with Crippen LogP contribution < -0.4 is 5.32 Å². The average Bonchev–Trinajstić information content (AvgIpc) is 2.55. The van der Waals surface area contributed by atoms with Crippen LogP contribution in [0.3, 0.4) is 0 Å². The van der Waals surface area contributed by atoms with Crippen LogP contribution in [0.1, 0.15) is 46.5 Å². The van der Waals surface area contributed by atoms with Gasteiger partial charge < -0.3 is 5.32 Å². The van der Waals surface area contributed by atoms with Gasteiger partial charge in [0.15, 0.2) is 5.78 Å². The summed E-state index contributed by atoms with van der Waals surface area (Å²) in [6.07, 6.45) is 0.885. The number of benzene rings is 2. The van der Waals surface area contributed by atoms with E-state index in [1.807, 2.05) is 32.0 Å². The van der Waals surface area contributed by atoms with Gasteiger partial charge in [-0.05, 0) is 25.5 Å². The van der Waals surface area contributed by atoms with Crippen LogP contribution in [0.5, 0.6) is 0 Å². The number of carbonyl (C=O) groups excluding carboxylic acids is 2. The summed E-state index contributed by atoms with van der Waals surface area (Å²) in [6.45, 7) is 3.98. The molecule has 0 aromatic heterocycles. The van der Waals surface area contributed by atoms with Crippen molar-refractivity contribution in [2.75, 3.05) is 0 Å². The number of hydrogen-bond donors (Lipinski definition) is 1. The van der Waals surface area contributed by atoms with E-state index in [4.69, 9.17) is 0 Å². The lowest BCUT2D eigenvalue weighted by Crippen LogP contribution is -2.31. The predicted molar refractivity (Wildman–Crippen MR) is 83.5 cm³/mol. The fourth-order valence-corrected chi connectivity index (χ4v) is 1.94. The molecule has 1 atom stereocenters. The Morgan fingerprint density at radius 2 is 1.43 bits per heavy atom. The molecule has 1 amide bonds. The molecule has 0 unspecified atom stereocenters. The Labute approximate surface area is 125 Å². The molecular formula is C18H19NO2.